The van der Waals surface area contributed by atoms with Gasteiger partial charge in [-0.15, -0.1) is 0 Å². The van der Waals surface area contributed by atoms with Crippen LogP contribution >= 0.6 is 0 Å². The van der Waals surface area contributed by atoms with Gasteiger partial charge >= 0.3 is 0 Å². The Bertz CT molecular complexity index is 183. The standard InChI is InChI=1S/C12H23NO/c1-4-5-10(2)13-8-6-12(7-9-13)11(3)14/h10,12H,4-9H2,1-3H3. The Labute approximate surface area is 87.7 Å². The van der Waals surface area contributed by atoms with Crippen molar-refractivity contribution in [2.75, 3.05) is 13.1 Å². The number of Topliss-reactive ketones (excluding diaryl/α,β-unsaturated/α-hetero) is 1. The molecule has 2 nitrogen and oxygen atoms in total. The molecule has 1 saturated heterocycles. The van der Waals surface area contributed by atoms with Crippen LogP contribution in [0.1, 0.15) is 46.5 Å². The molecule has 1 aliphatic heterocycles. The molecule has 0 aromatic heterocycles. The molecule has 82 valence electrons. The summed E-state index contributed by atoms with van der Waals surface area (Å²) in [7, 11) is 0. The zero-order valence-corrected chi connectivity index (χ0v) is 9.75. The van der Waals surface area contributed by atoms with Gasteiger partial charge in [0.1, 0.15) is 5.78 Å². The molecule has 1 heterocycles. The molecule has 1 unspecified atom stereocenters. The fourth-order valence-electron chi connectivity index (χ4n) is 2.35. The molecule has 0 radical (unpaired) electrons. The molecule has 0 aliphatic carbocycles. The van der Waals surface area contributed by atoms with Crippen molar-refractivity contribution in [3.8, 4) is 0 Å². The van der Waals surface area contributed by atoms with Crippen LogP contribution in [0.4, 0.5) is 0 Å². The van der Waals surface area contributed by atoms with Gasteiger partial charge in [0.15, 0.2) is 0 Å². The maximum absolute atomic E-state index is 11.2. The summed E-state index contributed by atoms with van der Waals surface area (Å²) in [6.07, 6.45) is 4.69. The Morgan fingerprint density at radius 1 is 1.43 bits per heavy atom. The monoisotopic (exact) mass is 197 g/mol. The first-order valence-electron chi connectivity index (χ1n) is 5.89. The lowest BCUT2D eigenvalue weighted by molar-refractivity contribution is -0.122. The Balaban J connectivity index is 2.31. The first-order valence-corrected chi connectivity index (χ1v) is 5.89. The van der Waals surface area contributed by atoms with Crippen molar-refractivity contribution in [3.63, 3.8) is 0 Å². The number of carbonyl (C=O) groups excluding carboxylic acids is 1. The summed E-state index contributed by atoms with van der Waals surface area (Å²) in [6, 6.07) is 0.702. The van der Waals surface area contributed by atoms with Gasteiger partial charge in [0.25, 0.3) is 0 Å². The fourth-order valence-corrected chi connectivity index (χ4v) is 2.35. The lowest BCUT2D eigenvalue weighted by Gasteiger charge is -2.35. The lowest BCUT2D eigenvalue weighted by Crippen LogP contribution is -2.41. The number of carbonyl (C=O) groups is 1. The van der Waals surface area contributed by atoms with E-state index in [0.717, 1.165) is 25.9 Å². The van der Waals surface area contributed by atoms with Crippen LogP contribution in [0.25, 0.3) is 0 Å². The van der Waals surface area contributed by atoms with E-state index in [1.807, 2.05) is 0 Å². The predicted octanol–water partition coefficient (Wildman–Crippen LogP) is 2.48. The molecular weight excluding hydrogens is 174 g/mol. The number of rotatable bonds is 4. The highest BCUT2D eigenvalue weighted by molar-refractivity contribution is 5.78. The van der Waals surface area contributed by atoms with Crippen molar-refractivity contribution in [3.05, 3.63) is 0 Å². The van der Waals surface area contributed by atoms with Crippen molar-refractivity contribution < 1.29 is 4.79 Å². The number of hydrogen-bond donors (Lipinski definition) is 0. The normalized spacial score (nSPS) is 22.2. The van der Waals surface area contributed by atoms with Crippen LogP contribution in [-0.2, 0) is 4.79 Å². The molecule has 1 rings (SSSR count). The van der Waals surface area contributed by atoms with E-state index >= 15 is 0 Å². The molecule has 1 aliphatic rings. The average Bonchev–Trinajstić information content (AvgIpc) is 2.18. The minimum atomic E-state index is 0.347. The number of likely N-dealkylation sites (tertiary alicyclic amines) is 1. The van der Waals surface area contributed by atoms with E-state index in [-0.39, 0.29) is 0 Å². The van der Waals surface area contributed by atoms with Gasteiger partial charge in [-0.1, -0.05) is 13.3 Å². The van der Waals surface area contributed by atoms with Gasteiger partial charge in [-0.25, -0.2) is 0 Å². The van der Waals surface area contributed by atoms with Crippen molar-refractivity contribution in [1.29, 1.82) is 0 Å². The zero-order chi connectivity index (χ0) is 10.6. The highest BCUT2D eigenvalue weighted by atomic mass is 16.1. The van der Waals surface area contributed by atoms with Crippen molar-refractivity contribution in [2.45, 2.75) is 52.5 Å². The largest absolute Gasteiger partial charge is 0.301 e. The fraction of sp³-hybridized carbons (Fsp3) is 0.917. The molecule has 1 atom stereocenters. The number of hydrogen-bond acceptors (Lipinski definition) is 2. The van der Waals surface area contributed by atoms with E-state index in [4.69, 9.17) is 0 Å². The molecule has 0 amide bonds. The third kappa shape index (κ3) is 3.09. The van der Waals surface area contributed by atoms with Gasteiger partial charge in [0.2, 0.25) is 0 Å². The quantitative estimate of drug-likeness (QED) is 0.690. The molecule has 0 aromatic carbocycles. The summed E-state index contributed by atoms with van der Waals surface area (Å²) >= 11 is 0. The topological polar surface area (TPSA) is 20.3 Å². The molecule has 14 heavy (non-hydrogen) atoms. The number of ketones is 1. The summed E-state index contributed by atoms with van der Waals surface area (Å²) in [5.41, 5.74) is 0. The minimum Gasteiger partial charge on any atom is -0.301 e. The highest BCUT2D eigenvalue weighted by Crippen LogP contribution is 2.20. The van der Waals surface area contributed by atoms with E-state index in [9.17, 15) is 4.79 Å². The number of piperidine rings is 1. The molecule has 0 saturated carbocycles. The Kier molecular flexibility index (Phi) is 4.59. The van der Waals surface area contributed by atoms with Crippen LogP contribution in [0.5, 0.6) is 0 Å². The molecular formula is C12H23NO. The van der Waals surface area contributed by atoms with Crippen molar-refractivity contribution in [2.24, 2.45) is 5.92 Å². The van der Waals surface area contributed by atoms with E-state index in [2.05, 4.69) is 18.7 Å². The molecule has 0 bridgehead atoms. The highest BCUT2D eigenvalue weighted by Gasteiger charge is 2.24. The second kappa shape index (κ2) is 5.50. The predicted molar refractivity (Wildman–Crippen MR) is 59.3 cm³/mol. The van der Waals surface area contributed by atoms with Crippen LogP contribution in [0, 0.1) is 5.92 Å². The van der Waals surface area contributed by atoms with Crippen LogP contribution < -0.4 is 0 Å². The third-order valence-corrected chi connectivity index (χ3v) is 3.43. The van der Waals surface area contributed by atoms with E-state index in [1.54, 1.807) is 6.92 Å². The van der Waals surface area contributed by atoms with Gasteiger partial charge < -0.3 is 4.90 Å². The molecule has 0 aromatic rings. The summed E-state index contributed by atoms with van der Waals surface area (Å²) in [5.74, 6) is 0.730. The van der Waals surface area contributed by atoms with Gasteiger partial charge in [0, 0.05) is 12.0 Å². The van der Waals surface area contributed by atoms with Crippen molar-refractivity contribution >= 4 is 5.78 Å². The molecule has 1 fully saturated rings. The second-order valence-corrected chi connectivity index (χ2v) is 4.56. The van der Waals surface area contributed by atoms with Gasteiger partial charge in [-0.05, 0) is 46.2 Å². The van der Waals surface area contributed by atoms with E-state index in [0.29, 0.717) is 17.7 Å². The molecule has 0 spiro atoms. The molecule has 2 heteroatoms. The third-order valence-electron chi connectivity index (χ3n) is 3.43. The van der Waals surface area contributed by atoms with Gasteiger partial charge in [0.05, 0.1) is 0 Å². The Morgan fingerprint density at radius 2 is 2.00 bits per heavy atom. The molecule has 0 N–H and O–H groups in total. The van der Waals surface area contributed by atoms with E-state index < -0.39 is 0 Å². The number of nitrogens with zero attached hydrogens (tertiary/aromatic N) is 1. The Hall–Kier alpha value is -0.370. The summed E-state index contributed by atoms with van der Waals surface area (Å²) in [4.78, 5) is 13.7. The van der Waals surface area contributed by atoms with E-state index in [1.165, 1.54) is 12.8 Å². The first-order chi connectivity index (χ1) is 6.65. The van der Waals surface area contributed by atoms with Gasteiger partial charge in [-0.3, -0.25) is 4.79 Å². The smallest absolute Gasteiger partial charge is 0.133 e. The summed E-state index contributed by atoms with van der Waals surface area (Å²) in [6.45, 7) is 8.50. The maximum Gasteiger partial charge on any atom is 0.133 e. The van der Waals surface area contributed by atoms with Crippen LogP contribution in [0.3, 0.4) is 0 Å². The Morgan fingerprint density at radius 3 is 2.43 bits per heavy atom. The first kappa shape index (κ1) is 11.7. The minimum absolute atomic E-state index is 0.347. The van der Waals surface area contributed by atoms with Crippen LogP contribution in [-0.4, -0.2) is 29.8 Å². The average molecular weight is 197 g/mol. The summed E-state index contributed by atoms with van der Waals surface area (Å²) < 4.78 is 0. The SMILES string of the molecule is CCCC(C)N1CCC(C(C)=O)CC1. The van der Waals surface area contributed by atoms with Crippen molar-refractivity contribution in [1.82, 2.24) is 4.90 Å². The second-order valence-electron chi connectivity index (χ2n) is 4.56. The summed E-state index contributed by atoms with van der Waals surface area (Å²) in [5, 5.41) is 0. The maximum atomic E-state index is 11.2. The lowest BCUT2D eigenvalue weighted by atomic mass is 9.92. The van der Waals surface area contributed by atoms with Gasteiger partial charge in [-0.2, -0.15) is 0 Å². The van der Waals surface area contributed by atoms with Crippen LogP contribution in [0.2, 0.25) is 0 Å². The van der Waals surface area contributed by atoms with Crippen LogP contribution in [0.15, 0.2) is 0 Å². The zero-order valence-electron chi connectivity index (χ0n) is 9.75.